The Bertz CT molecular complexity index is 767. The molecule has 0 radical (unpaired) electrons. The van der Waals surface area contributed by atoms with E-state index >= 15 is 0 Å². The van der Waals surface area contributed by atoms with Crippen LogP contribution < -0.4 is 10.6 Å². The van der Waals surface area contributed by atoms with Gasteiger partial charge in [0.05, 0.1) is 22.5 Å². The van der Waals surface area contributed by atoms with Gasteiger partial charge < -0.3 is 10.6 Å². The quantitative estimate of drug-likeness (QED) is 0.650. The predicted molar refractivity (Wildman–Crippen MR) is 98.2 cm³/mol. The molecule has 2 aromatic rings. The second kappa shape index (κ2) is 9.30. The van der Waals surface area contributed by atoms with E-state index in [-0.39, 0.29) is 36.6 Å². The smallest absolute Gasteiger partial charge is 0.307 e. The van der Waals surface area contributed by atoms with Crippen LogP contribution in [0.2, 0.25) is 0 Å². The lowest BCUT2D eigenvalue weighted by Gasteiger charge is -2.33. The maximum Gasteiger partial charge on any atom is 0.418 e. The summed E-state index contributed by atoms with van der Waals surface area (Å²) in [6.07, 6.45) is -3.18. The summed E-state index contributed by atoms with van der Waals surface area (Å²) in [7, 11) is 0. The molecule has 1 saturated carbocycles. The molecule has 0 bridgehead atoms. The minimum atomic E-state index is -4.50. The van der Waals surface area contributed by atoms with Crippen LogP contribution in [0.25, 0.3) is 0 Å². The first-order valence-electron chi connectivity index (χ1n) is 9.65. The lowest BCUT2D eigenvalue weighted by atomic mass is 9.90. The van der Waals surface area contributed by atoms with Gasteiger partial charge in [0.15, 0.2) is 0 Å². The SMILES string of the molecule is FC(F)(F)c1cccnc1CN[C@H]1CCCC[C@@H]1NCc1ncccc1C(F)(F)F. The van der Waals surface area contributed by atoms with E-state index < -0.39 is 23.5 Å². The molecular formula is C20H22F6N4. The Balaban J connectivity index is 1.66. The average Bonchev–Trinajstić information content (AvgIpc) is 2.70. The van der Waals surface area contributed by atoms with Crippen LogP contribution in [0.15, 0.2) is 36.7 Å². The van der Waals surface area contributed by atoms with Crippen LogP contribution in [0.3, 0.4) is 0 Å². The van der Waals surface area contributed by atoms with Crippen LogP contribution in [-0.4, -0.2) is 22.1 Å². The summed E-state index contributed by atoms with van der Waals surface area (Å²) in [6, 6.07) is 4.09. The number of hydrogen-bond donors (Lipinski definition) is 2. The molecule has 10 heteroatoms. The standard InChI is InChI=1S/C20H22F6N4/c21-19(22,23)13-5-3-9-27-17(13)11-29-15-7-1-2-8-16(15)30-12-18-14(20(24,25)26)6-4-10-28-18/h3-6,9-10,15-16,29-30H,1-2,7-8,11-12H2/t15-,16-/m0/s1. The van der Waals surface area contributed by atoms with E-state index in [4.69, 9.17) is 0 Å². The first-order valence-corrected chi connectivity index (χ1v) is 9.65. The van der Waals surface area contributed by atoms with E-state index in [0.29, 0.717) is 12.8 Å². The molecule has 164 valence electrons. The number of nitrogens with one attached hydrogen (secondary N) is 2. The van der Waals surface area contributed by atoms with E-state index in [2.05, 4.69) is 20.6 Å². The number of nitrogens with zero attached hydrogens (tertiary/aromatic N) is 2. The molecule has 1 aliphatic carbocycles. The summed E-state index contributed by atoms with van der Waals surface area (Å²) < 4.78 is 78.9. The second-order valence-electron chi connectivity index (χ2n) is 7.25. The van der Waals surface area contributed by atoms with Crippen molar-refractivity contribution in [2.75, 3.05) is 0 Å². The first kappa shape index (κ1) is 22.5. The third-order valence-corrected chi connectivity index (χ3v) is 5.22. The average molecular weight is 432 g/mol. The molecule has 0 saturated heterocycles. The Morgan fingerprint density at radius 1 is 0.733 bits per heavy atom. The zero-order valence-electron chi connectivity index (χ0n) is 16.0. The van der Waals surface area contributed by atoms with Crippen LogP contribution in [0, 0.1) is 0 Å². The highest BCUT2D eigenvalue weighted by atomic mass is 19.4. The normalized spacial score (nSPS) is 20.3. The number of aromatic nitrogens is 2. The minimum absolute atomic E-state index is 0.0735. The summed E-state index contributed by atoms with van der Waals surface area (Å²) in [5.74, 6) is 0. The third-order valence-electron chi connectivity index (χ3n) is 5.22. The number of pyridine rings is 2. The van der Waals surface area contributed by atoms with Crippen LogP contribution in [0.5, 0.6) is 0 Å². The summed E-state index contributed by atoms with van der Waals surface area (Å²) >= 11 is 0. The molecule has 0 aliphatic heterocycles. The van der Waals surface area contributed by atoms with Gasteiger partial charge in [0, 0.05) is 37.6 Å². The van der Waals surface area contributed by atoms with Crippen LogP contribution >= 0.6 is 0 Å². The van der Waals surface area contributed by atoms with Crippen molar-refractivity contribution in [1.82, 2.24) is 20.6 Å². The van der Waals surface area contributed by atoms with Crippen molar-refractivity contribution in [2.24, 2.45) is 0 Å². The maximum atomic E-state index is 13.2. The van der Waals surface area contributed by atoms with Gasteiger partial charge in [-0.2, -0.15) is 26.3 Å². The molecule has 0 amide bonds. The molecule has 0 unspecified atom stereocenters. The lowest BCUT2D eigenvalue weighted by Crippen LogP contribution is -2.49. The Labute approximate surface area is 170 Å². The van der Waals surface area contributed by atoms with E-state index in [9.17, 15) is 26.3 Å². The largest absolute Gasteiger partial charge is 0.418 e. The Hall–Kier alpha value is -2.20. The highest BCUT2D eigenvalue weighted by Gasteiger charge is 2.35. The van der Waals surface area contributed by atoms with Crippen molar-refractivity contribution < 1.29 is 26.3 Å². The summed E-state index contributed by atoms with van der Waals surface area (Å²) in [6.45, 7) is -0.147. The summed E-state index contributed by atoms with van der Waals surface area (Å²) in [4.78, 5) is 7.70. The van der Waals surface area contributed by atoms with Gasteiger partial charge in [-0.15, -0.1) is 0 Å². The zero-order chi connectivity index (χ0) is 21.8. The van der Waals surface area contributed by atoms with Crippen LogP contribution in [-0.2, 0) is 25.4 Å². The molecule has 3 rings (SSSR count). The maximum absolute atomic E-state index is 13.2. The molecule has 0 spiro atoms. The van der Waals surface area contributed by atoms with Gasteiger partial charge in [0.25, 0.3) is 0 Å². The molecule has 1 fully saturated rings. The molecule has 4 nitrogen and oxygen atoms in total. The molecule has 2 N–H and O–H groups in total. The molecule has 2 heterocycles. The Morgan fingerprint density at radius 3 is 1.50 bits per heavy atom. The van der Waals surface area contributed by atoms with Crippen LogP contribution in [0.4, 0.5) is 26.3 Å². The number of halogens is 6. The number of rotatable bonds is 6. The molecular weight excluding hydrogens is 410 g/mol. The van der Waals surface area contributed by atoms with Crippen molar-refractivity contribution in [3.8, 4) is 0 Å². The monoisotopic (exact) mass is 432 g/mol. The number of alkyl halides is 6. The lowest BCUT2D eigenvalue weighted by molar-refractivity contribution is -0.139. The molecule has 2 aromatic heterocycles. The fraction of sp³-hybridized carbons (Fsp3) is 0.500. The molecule has 1 aliphatic rings. The van der Waals surface area contributed by atoms with Crippen LogP contribution in [0.1, 0.15) is 48.2 Å². The second-order valence-corrected chi connectivity index (χ2v) is 7.25. The van der Waals surface area contributed by atoms with Crippen molar-refractivity contribution in [3.05, 3.63) is 59.2 Å². The van der Waals surface area contributed by atoms with E-state index in [1.165, 1.54) is 24.5 Å². The highest BCUT2D eigenvalue weighted by Crippen LogP contribution is 2.32. The Morgan fingerprint density at radius 2 is 1.13 bits per heavy atom. The van der Waals surface area contributed by atoms with Gasteiger partial charge in [-0.25, -0.2) is 0 Å². The molecule has 2 atom stereocenters. The molecule has 30 heavy (non-hydrogen) atoms. The fourth-order valence-electron chi connectivity index (χ4n) is 3.75. The van der Waals surface area contributed by atoms with Gasteiger partial charge >= 0.3 is 12.4 Å². The topological polar surface area (TPSA) is 49.8 Å². The van der Waals surface area contributed by atoms with E-state index in [1.807, 2.05) is 0 Å². The fourth-order valence-corrected chi connectivity index (χ4v) is 3.75. The zero-order valence-corrected chi connectivity index (χ0v) is 16.0. The number of hydrogen-bond acceptors (Lipinski definition) is 4. The van der Waals surface area contributed by atoms with Gasteiger partial charge in [-0.05, 0) is 37.1 Å². The third kappa shape index (κ3) is 5.69. The summed E-state index contributed by atoms with van der Waals surface area (Å²) in [5.41, 5.74) is -1.78. The van der Waals surface area contributed by atoms with E-state index in [1.54, 1.807) is 0 Å². The van der Waals surface area contributed by atoms with Gasteiger partial charge in [-0.3, -0.25) is 9.97 Å². The van der Waals surface area contributed by atoms with Crippen molar-refractivity contribution in [2.45, 2.75) is 63.2 Å². The van der Waals surface area contributed by atoms with Gasteiger partial charge in [0.2, 0.25) is 0 Å². The van der Waals surface area contributed by atoms with E-state index in [0.717, 1.165) is 25.0 Å². The van der Waals surface area contributed by atoms with Crippen molar-refractivity contribution in [1.29, 1.82) is 0 Å². The Kier molecular flexibility index (Phi) is 6.97. The van der Waals surface area contributed by atoms with Gasteiger partial charge in [0.1, 0.15) is 0 Å². The van der Waals surface area contributed by atoms with Crippen molar-refractivity contribution in [3.63, 3.8) is 0 Å². The highest BCUT2D eigenvalue weighted by molar-refractivity contribution is 5.24. The molecule has 0 aromatic carbocycles. The first-order chi connectivity index (χ1) is 14.2. The predicted octanol–water partition coefficient (Wildman–Crippen LogP) is 4.70. The van der Waals surface area contributed by atoms with Crippen molar-refractivity contribution >= 4 is 0 Å². The minimum Gasteiger partial charge on any atom is -0.307 e. The summed E-state index contributed by atoms with van der Waals surface area (Å²) in [5, 5.41) is 6.23. The van der Waals surface area contributed by atoms with Gasteiger partial charge in [-0.1, -0.05) is 12.8 Å².